The Hall–Kier alpha value is -2.50. The van der Waals surface area contributed by atoms with Crippen molar-refractivity contribution in [2.45, 2.75) is 6.18 Å². The monoisotopic (exact) mass is 277 g/mol. The summed E-state index contributed by atoms with van der Waals surface area (Å²) in [7, 11) is 0. The maximum Gasteiger partial charge on any atom is 0.416 e. The average Bonchev–Trinajstić information content (AvgIpc) is 2.83. The normalized spacial score (nSPS) is 11.9. The largest absolute Gasteiger partial charge is 0.416 e. The van der Waals surface area contributed by atoms with Gasteiger partial charge in [-0.25, -0.2) is 4.98 Å². The minimum absolute atomic E-state index is 0.405. The van der Waals surface area contributed by atoms with Gasteiger partial charge in [-0.2, -0.15) is 13.2 Å². The molecule has 0 aliphatic carbocycles. The molecule has 0 radical (unpaired) electrons. The van der Waals surface area contributed by atoms with E-state index >= 15 is 0 Å². The highest BCUT2D eigenvalue weighted by atomic mass is 19.4. The van der Waals surface area contributed by atoms with E-state index in [2.05, 4.69) is 4.98 Å². The van der Waals surface area contributed by atoms with Crippen LogP contribution < -0.4 is 5.73 Å². The number of hydrogen-bond donors (Lipinski definition) is 1. The molecule has 2 heterocycles. The number of halogens is 3. The molecule has 3 aromatic rings. The first-order valence-electron chi connectivity index (χ1n) is 5.86. The molecule has 2 N–H and O–H groups in total. The Morgan fingerprint density at radius 3 is 2.50 bits per heavy atom. The van der Waals surface area contributed by atoms with E-state index in [0.29, 0.717) is 22.7 Å². The standard InChI is InChI=1S/C14H10F3N3/c15-14(16,17)10-4-1-3-9(7-10)11-8-20-12(18)5-2-6-13(20)19-11/h1-8H,18H2. The van der Waals surface area contributed by atoms with Crippen LogP contribution in [0, 0.1) is 0 Å². The average molecular weight is 277 g/mol. The molecule has 2 aromatic heterocycles. The van der Waals surface area contributed by atoms with Crippen LogP contribution in [0.3, 0.4) is 0 Å². The number of nitrogen functional groups attached to an aromatic ring is 1. The minimum atomic E-state index is -4.37. The fourth-order valence-corrected chi connectivity index (χ4v) is 2.03. The van der Waals surface area contributed by atoms with Gasteiger partial charge in [-0.15, -0.1) is 0 Å². The summed E-state index contributed by atoms with van der Waals surface area (Å²) in [5.74, 6) is 0.480. The van der Waals surface area contributed by atoms with Crippen molar-refractivity contribution >= 4 is 11.5 Å². The van der Waals surface area contributed by atoms with Crippen molar-refractivity contribution in [2.24, 2.45) is 0 Å². The quantitative estimate of drug-likeness (QED) is 0.738. The zero-order valence-corrected chi connectivity index (χ0v) is 10.2. The van der Waals surface area contributed by atoms with Crippen LogP contribution in [0.25, 0.3) is 16.9 Å². The summed E-state index contributed by atoms with van der Waals surface area (Å²) < 4.78 is 39.8. The maximum atomic E-state index is 12.7. The summed E-state index contributed by atoms with van der Waals surface area (Å²) >= 11 is 0. The predicted octanol–water partition coefficient (Wildman–Crippen LogP) is 3.60. The molecule has 0 aliphatic heterocycles. The molecule has 0 spiro atoms. The molecule has 0 fully saturated rings. The predicted molar refractivity (Wildman–Crippen MR) is 70.0 cm³/mol. The minimum Gasteiger partial charge on any atom is -0.385 e. The van der Waals surface area contributed by atoms with Gasteiger partial charge in [0.05, 0.1) is 11.3 Å². The number of nitrogens with two attached hydrogens (primary N) is 1. The number of pyridine rings is 1. The lowest BCUT2D eigenvalue weighted by atomic mass is 10.1. The first-order valence-corrected chi connectivity index (χ1v) is 5.86. The second-order valence-electron chi connectivity index (χ2n) is 4.38. The Morgan fingerprint density at radius 2 is 1.80 bits per heavy atom. The van der Waals surface area contributed by atoms with Crippen molar-refractivity contribution < 1.29 is 13.2 Å². The van der Waals surface area contributed by atoms with Crippen LogP contribution in [-0.4, -0.2) is 9.38 Å². The van der Waals surface area contributed by atoms with Gasteiger partial charge in [0, 0.05) is 11.8 Å². The Bertz CT molecular complexity index is 775. The van der Waals surface area contributed by atoms with E-state index in [4.69, 9.17) is 5.73 Å². The number of hydrogen-bond acceptors (Lipinski definition) is 2. The molecule has 20 heavy (non-hydrogen) atoms. The number of imidazole rings is 1. The molecule has 3 rings (SSSR count). The highest BCUT2D eigenvalue weighted by molar-refractivity contribution is 5.65. The molecule has 0 atom stereocenters. The zero-order chi connectivity index (χ0) is 14.3. The highest BCUT2D eigenvalue weighted by Gasteiger charge is 2.30. The van der Waals surface area contributed by atoms with Crippen molar-refractivity contribution in [2.75, 3.05) is 5.73 Å². The fraction of sp³-hybridized carbons (Fsp3) is 0.0714. The van der Waals surface area contributed by atoms with Crippen LogP contribution in [0.5, 0.6) is 0 Å². The van der Waals surface area contributed by atoms with E-state index in [1.165, 1.54) is 6.07 Å². The van der Waals surface area contributed by atoms with Crippen molar-refractivity contribution in [1.29, 1.82) is 0 Å². The summed E-state index contributed by atoms with van der Waals surface area (Å²) in [6.07, 6.45) is -2.74. The van der Waals surface area contributed by atoms with Gasteiger partial charge in [0.2, 0.25) is 0 Å². The Labute approximate surface area is 112 Å². The highest BCUT2D eigenvalue weighted by Crippen LogP contribution is 2.32. The summed E-state index contributed by atoms with van der Waals surface area (Å²) in [5, 5.41) is 0. The van der Waals surface area contributed by atoms with E-state index in [1.807, 2.05) is 0 Å². The van der Waals surface area contributed by atoms with Gasteiger partial charge in [-0.1, -0.05) is 18.2 Å². The van der Waals surface area contributed by atoms with Gasteiger partial charge in [-0.3, -0.25) is 4.40 Å². The lowest BCUT2D eigenvalue weighted by Crippen LogP contribution is -2.04. The van der Waals surface area contributed by atoms with Crippen LogP contribution >= 0.6 is 0 Å². The molecule has 3 nitrogen and oxygen atoms in total. The van der Waals surface area contributed by atoms with E-state index in [1.54, 1.807) is 34.9 Å². The fourth-order valence-electron chi connectivity index (χ4n) is 2.03. The van der Waals surface area contributed by atoms with Crippen LogP contribution in [0.1, 0.15) is 5.56 Å². The van der Waals surface area contributed by atoms with E-state index in [9.17, 15) is 13.2 Å². The summed E-state index contributed by atoms with van der Waals surface area (Å²) in [6.45, 7) is 0. The third-order valence-corrected chi connectivity index (χ3v) is 3.01. The van der Waals surface area contributed by atoms with Crippen LogP contribution in [0.2, 0.25) is 0 Å². The van der Waals surface area contributed by atoms with E-state index < -0.39 is 11.7 Å². The van der Waals surface area contributed by atoms with Gasteiger partial charge in [-0.05, 0) is 24.3 Å². The van der Waals surface area contributed by atoms with Crippen LogP contribution in [-0.2, 0) is 6.18 Å². The molecule has 102 valence electrons. The Morgan fingerprint density at radius 1 is 1.05 bits per heavy atom. The van der Waals surface area contributed by atoms with Crippen molar-refractivity contribution in [3.8, 4) is 11.3 Å². The smallest absolute Gasteiger partial charge is 0.385 e. The van der Waals surface area contributed by atoms with Crippen molar-refractivity contribution in [3.05, 3.63) is 54.2 Å². The summed E-state index contributed by atoms with van der Waals surface area (Å²) in [6, 6.07) is 10.3. The molecule has 0 aliphatic rings. The number of rotatable bonds is 1. The summed E-state index contributed by atoms with van der Waals surface area (Å²) in [5.41, 5.74) is 6.55. The van der Waals surface area contributed by atoms with Crippen LogP contribution in [0.4, 0.5) is 19.0 Å². The topological polar surface area (TPSA) is 43.3 Å². The maximum absolute atomic E-state index is 12.7. The number of alkyl halides is 3. The molecule has 0 saturated carbocycles. The first kappa shape index (κ1) is 12.5. The second-order valence-corrected chi connectivity index (χ2v) is 4.38. The van der Waals surface area contributed by atoms with E-state index in [-0.39, 0.29) is 0 Å². The molecule has 0 saturated heterocycles. The molecular weight excluding hydrogens is 267 g/mol. The number of fused-ring (bicyclic) bond motifs is 1. The SMILES string of the molecule is Nc1cccc2nc(-c3cccc(C(F)(F)F)c3)cn12. The summed E-state index contributed by atoms with van der Waals surface area (Å²) in [4.78, 5) is 4.28. The second kappa shape index (κ2) is 4.26. The number of anilines is 1. The van der Waals surface area contributed by atoms with Gasteiger partial charge < -0.3 is 5.73 Å². The van der Waals surface area contributed by atoms with Crippen LogP contribution in [0.15, 0.2) is 48.7 Å². The lowest BCUT2D eigenvalue weighted by molar-refractivity contribution is -0.137. The molecule has 6 heteroatoms. The van der Waals surface area contributed by atoms with Crippen molar-refractivity contribution in [3.63, 3.8) is 0 Å². The number of benzene rings is 1. The van der Waals surface area contributed by atoms with Gasteiger partial charge in [0.15, 0.2) is 0 Å². The molecule has 1 aromatic carbocycles. The van der Waals surface area contributed by atoms with Gasteiger partial charge in [0.1, 0.15) is 11.5 Å². The third-order valence-electron chi connectivity index (χ3n) is 3.01. The lowest BCUT2D eigenvalue weighted by Gasteiger charge is -2.07. The van der Waals surface area contributed by atoms with E-state index in [0.717, 1.165) is 12.1 Å². The Kier molecular flexibility index (Phi) is 2.67. The number of nitrogens with zero attached hydrogens (tertiary/aromatic N) is 2. The van der Waals surface area contributed by atoms with Crippen molar-refractivity contribution in [1.82, 2.24) is 9.38 Å². The zero-order valence-electron chi connectivity index (χ0n) is 10.2. The molecule has 0 amide bonds. The molecule has 0 unspecified atom stereocenters. The first-order chi connectivity index (χ1) is 9.45. The molecular formula is C14H10F3N3. The number of aromatic nitrogens is 2. The van der Waals surface area contributed by atoms with Gasteiger partial charge >= 0.3 is 6.18 Å². The Balaban J connectivity index is 2.14. The third kappa shape index (κ3) is 2.09. The molecule has 0 bridgehead atoms. The van der Waals surface area contributed by atoms with Gasteiger partial charge in [0.25, 0.3) is 0 Å².